The molecular weight excluding hydrogens is 318 g/mol. The minimum atomic E-state index is -0.0793. The lowest BCUT2D eigenvalue weighted by atomic mass is 10.1. The molecule has 0 unspecified atom stereocenters. The molecular formula is C15H12BrN3O. The van der Waals surface area contributed by atoms with Crippen LogP contribution in [0.2, 0.25) is 0 Å². The summed E-state index contributed by atoms with van der Waals surface area (Å²) in [5.41, 5.74) is 2.66. The van der Waals surface area contributed by atoms with E-state index in [4.69, 9.17) is 0 Å². The van der Waals surface area contributed by atoms with E-state index in [0.29, 0.717) is 17.6 Å². The predicted molar refractivity (Wildman–Crippen MR) is 81.8 cm³/mol. The topological polar surface area (TPSA) is 47.8 Å². The lowest BCUT2D eigenvalue weighted by Gasteiger charge is -2.07. The average molecular weight is 330 g/mol. The van der Waals surface area contributed by atoms with Crippen molar-refractivity contribution in [1.82, 2.24) is 14.5 Å². The molecule has 0 saturated heterocycles. The summed E-state index contributed by atoms with van der Waals surface area (Å²) in [5.74, 6) is 0. The number of hydrogen-bond donors (Lipinski definition) is 0. The molecule has 0 atom stereocenters. The number of halogens is 1. The van der Waals surface area contributed by atoms with Crippen LogP contribution in [0.15, 0.2) is 52.1 Å². The average Bonchev–Trinajstić information content (AvgIpc) is 2.45. The van der Waals surface area contributed by atoms with Crippen molar-refractivity contribution in [3.8, 4) is 0 Å². The van der Waals surface area contributed by atoms with Crippen LogP contribution < -0.4 is 5.56 Å². The van der Waals surface area contributed by atoms with Gasteiger partial charge in [0.15, 0.2) is 5.65 Å². The van der Waals surface area contributed by atoms with Crippen LogP contribution in [0.3, 0.4) is 0 Å². The van der Waals surface area contributed by atoms with Gasteiger partial charge >= 0.3 is 0 Å². The monoisotopic (exact) mass is 329 g/mol. The third-order valence-corrected chi connectivity index (χ3v) is 3.55. The molecule has 0 amide bonds. The summed E-state index contributed by atoms with van der Waals surface area (Å²) in [7, 11) is 0. The Kier molecular flexibility index (Phi) is 3.36. The van der Waals surface area contributed by atoms with Gasteiger partial charge < -0.3 is 0 Å². The van der Waals surface area contributed by atoms with Gasteiger partial charge in [0.25, 0.3) is 5.56 Å². The maximum atomic E-state index is 12.4. The summed E-state index contributed by atoms with van der Waals surface area (Å²) < 4.78 is 2.37. The second kappa shape index (κ2) is 5.17. The summed E-state index contributed by atoms with van der Waals surface area (Å²) in [4.78, 5) is 20.8. The zero-order chi connectivity index (χ0) is 14.1. The van der Waals surface area contributed by atoms with Crippen LogP contribution in [0.25, 0.3) is 11.0 Å². The number of aryl methyl sites for hydroxylation is 1. The first-order chi connectivity index (χ1) is 9.63. The zero-order valence-corrected chi connectivity index (χ0v) is 12.5. The van der Waals surface area contributed by atoms with Gasteiger partial charge in [-0.3, -0.25) is 9.36 Å². The van der Waals surface area contributed by atoms with Crippen molar-refractivity contribution < 1.29 is 0 Å². The molecule has 0 aliphatic heterocycles. The minimum Gasteiger partial charge on any atom is -0.294 e. The second-order valence-corrected chi connectivity index (χ2v) is 5.60. The Bertz CT molecular complexity index is 825. The Balaban J connectivity index is 2.06. The van der Waals surface area contributed by atoms with E-state index in [-0.39, 0.29) is 5.56 Å². The third kappa shape index (κ3) is 2.49. The highest BCUT2D eigenvalue weighted by molar-refractivity contribution is 9.10. The fourth-order valence-corrected chi connectivity index (χ4v) is 2.36. The minimum absolute atomic E-state index is 0.0793. The van der Waals surface area contributed by atoms with Crippen LogP contribution in [0.1, 0.15) is 11.1 Å². The van der Waals surface area contributed by atoms with Crippen LogP contribution in [0.5, 0.6) is 0 Å². The largest absolute Gasteiger partial charge is 0.294 e. The number of aromatic nitrogens is 3. The molecule has 5 heteroatoms. The maximum absolute atomic E-state index is 12.4. The van der Waals surface area contributed by atoms with Gasteiger partial charge in [-0.15, -0.1) is 0 Å². The molecule has 2 aromatic heterocycles. The van der Waals surface area contributed by atoms with Crippen LogP contribution >= 0.6 is 15.9 Å². The smallest absolute Gasteiger partial charge is 0.263 e. The summed E-state index contributed by atoms with van der Waals surface area (Å²) in [6.45, 7) is 2.55. The number of pyridine rings is 1. The van der Waals surface area contributed by atoms with E-state index in [2.05, 4.69) is 25.9 Å². The van der Waals surface area contributed by atoms with E-state index in [9.17, 15) is 4.79 Å². The Labute approximate surface area is 124 Å². The van der Waals surface area contributed by atoms with Crippen molar-refractivity contribution in [3.05, 3.63) is 68.8 Å². The van der Waals surface area contributed by atoms with Crippen molar-refractivity contribution in [1.29, 1.82) is 0 Å². The van der Waals surface area contributed by atoms with Gasteiger partial charge in [0.05, 0.1) is 11.9 Å². The van der Waals surface area contributed by atoms with Crippen LogP contribution in [0.4, 0.5) is 0 Å². The van der Waals surface area contributed by atoms with Crippen LogP contribution in [-0.4, -0.2) is 14.5 Å². The van der Waals surface area contributed by atoms with Gasteiger partial charge in [-0.05, 0) is 34.5 Å². The summed E-state index contributed by atoms with van der Waals surface area (Å²) >= 11 is 3.33. The predicted octanol–water partition coefficient (Wildman–Crippen LogP) is 2.91. The van der Waals surface area contributed by atoms with E-state index in [1.807, 2.05) is 31.2 Å². The standard InChI is InChI=1S/C15H12BrN3O/c1-10-2-4-11(5-3-10)8-19-9-18-14-13(15(19)20)6-12(16)7-17-14/h2-7,9H,8H2,1H3. The van der Waals surface area contributed by atoms with Crippen molar-refractivity contribution >= 4 is 27.0 Å². The highest BCUT2D eigenvalue weighted by Gasteiger charge is 2.06. The normalized spacial score (nSPS) is 10.9. The van der Waals surface area contributed by atoms with E-state index in [1.54, 1.807) is 23.2 Å². The SMILES string of the molecule is Cc1ccc(Cn2cnc3ncc(Br)cc3c2=O)cc1. The number of hydrogen-bond acceptors (Lipinski definition) is 3. The number of fused-ring (bicyclic) bond motifs is 1. The van der Waals surface area contributed by atoms with Gasteiger partial charge in [-0.2, -0.15) is 0 Å². The van der Waals surface area contributed by atoms with Crippen molar-refractivity contribution in [2.75, 3.05) is 0 Å². The van der Waals surface area contributed by atoms with Crippen LogP contribution in [0, 0.1) is 6.92 Å². The van der Waals surface area contributed by atoms with Crippen LogP contribution in [-0.2, 0) is 6.54 Å². The first-order valence-corrected chi connectivity index (χ1v) is 6.99. The van der Waals surface area contributed by atoms with Crippen molar-refractivity contribution in [3.63, 3.8) is 0 Å². The van der Waals surface area contributed by atoms with Crippen molar-refractivity contribution in [2.45, 2.75) is 13.5 Å². The zero-order valence-electron chi connectivity index (χ0n) is 10.9. The highest BCUT2D eigenvalue weighted by Crippen LogP contribution is 2.12. The number of rotatable bonds is 2. The van der Waals surface area contributed by atoms with Gasteiger partial charge in [-0.25, -0.2) is 9.97 Å². The van der Waals surface area contributed by atoms with Gasteiger partial charge in [0, 0.05) is 10.7 Å². The fraction of sp³-hybridized carbons (Fsp3) is 0.133. The Morgan fingerprint density at radius 2 is 1.95 bits per heavy atom. The first kappa shape index (κ1) is 13.0. The van der Waals surface area contributed by atoms with Gasteiger partial charge in [0.2, 0.25) is 0 Å². The molecule has 2 heterocycles. The summed E-state index contributed by atoms with van der Waals surface area (Å²) in [6.07, 6.45) is 3.19. The molecule has 0 radical (unpaired) electrons. The summed E-state index contributed by atoms with van der Waals surface area (Å²) in [6, 6.07) is 9.86. The maximum Gasteiger partial charge on any atom is 0.263 e. The Hall–Kier alpha value is -2.01. The lowest BCUT2D eigenvalue weighted by molar-refractivity contribution is 0.746. The van der Waals surface area contributed by atoms with E-state index < -0.39 is 0 Å². The molecule has 0 saturated carbocycles. The first-order valence-electron chi connectivity index (χ1n) is 6.20. The van der Waals surface area contributed by atoms with E-state index in [1.165, 1.54) is 5.56 Å². The molecule has 0 aliphatic carbocycles. The molecule has 0 spiro atoms. The molecule has 0 fully saturated rings. The molecule has 3 rings (SSSR count). The molecule has 1 aromatic carbocycles. The fourth-order valence-electron chi connectivity index (χ4n) is 2.03. The number of benzene rings is 1. The van der Waals surface area contributed by atoms with Gasteiger partial charge in [0.1, 0.15) is 6.33 Å². The molecule has 4 nitrogen and oxygen atoms in total. The Morgan fingerprint density at radius 3 is 2.70 bits per heavy atom. The molecule has 3 aromatic rings. The molecule has 20 heavy (non-hydrogen) atoms. The van der Waals surface area contributed by atoms with E-state index >= 15 is 0 Å². The highest BCUT2D eigenvalue weighted by atomic mass is 79.9. The second-order valence-electron chi connectivity index (χ2n) is 4.69. The lowest BCUT2D eigenvalue weighted by Crippen LogP contribution is -2.21. The van der Waals surface area contributed by atoms with Crippen molar-refractivity contribution in [2.24, 2.45) is 0 Å². The molecule has 100 valence electrons. The Morgan fingerprint density at radius 1 is 1.20 bits per heavy atom. The van der Waals surface area contributed by atoms with E-state index in [0.717, 1.165) is 10.0 Å². The quantitative estimate of drug-likeness (QED) is 0.726. The third-order valence-electron chi connectivity index (χ3n) is 3.12. The number of nitrogens with zero attached hydrogens (tertiary/aromatic N) is 3. The molecule has 0 N–H and O–H groups in total. The van der Waals surface area contributed by atoms with Gasteiger partial charge in [-0.1, -0.05) is 29.8 Å². The summed E-state index contributed by atoms with van der Waals surface area (Å²) in [5, 5.41) is 0.522. The molecule has 0 aliphatic rings. The molecule has 0 bridgehead atoms.